The third kappa shape index (κ3) is 7.55. The normalized spacial score (nSPS) is 18.4. The Bertz CT molecular complexity index is 1290. The molecule has 2 nitrogen and oxygen atoms in total. The summed E-state index contributed by atoms with van der Waals surface area (Å²) < 4.78 is 130. The van der Waals surface area contributed by atoms with E-state index in [1.807, 2.05) is 0 Å². The van der Waals surface area contributed by atoms with Crippen LogP contribution in [0.15, 0.2) is 60.7 Å². The molecule has 0 bridgehead atoms. The van der Waals surface area contributed by atoms with Crippen molar-refractivity contribution in [3.05, 3.63) is 89.0 Å². The van der Waals surface area contributed by atoms with Crippen molar-refractivity contribution in [2.45, 2.75) is 69.9 Å². The minimum Gasteiger partial charge on any atom is -0.429 e. The summed E-state index contributed by atoms with van der Waals surface area (Å²) in [6.45, 7) is 2.16. The van der Waals surface area contributed by atoms with E-state index in [1.54, 1.807) is 12.1 Å². The van der Waals surface area contributed by atoms with Gasteiger partial charge in [0.15, 0.2) is 0 Å². The smallest absolute Gasteiger partial charge is 0.429 e. The van der Waals surface area contributed by atoms with Crippen molar-refractivity contribution >= 4 is 0 Å². The largest absolute Gasteiger partial charge is 0.527 e. The molecule has 0 saturated heterocycles. The fourth-order valence-corrected chi connectivity index (χ4v) is 5.28. The molecule has 222 valence electrons. The maximum absolute atomic E-state index is 14.9. The highest BCUT2D eigenvalue weighted by Crippen LogP contribution is 2.41. The molecule has 0 aliphatic heterocycles. The molecule has 0 spiro atoms. The molecule has 0 amide bonds. The van der Waals surface area contributed by atoms with Crippen LogP contribution in [0.25, 0.3) is 11.1 Å². The first-order chi connectivity index (χ1) is 19.2. The lowest BCUT2D eigenvalue weighted by Crippen LogP contribution is -2.29. The van der Waals surface area contributed by atoms with Crippen molar-refractivity contribution in [3.63, 3.8) is 0 Å². The summed E-state index contributed by atoms with van der Waals surface area (Å²) in [5.74, 6) is -3.22. The van der Waals surface area contributed by atoms with E-state index in [4.69, 9.17) is 4.74 Å². The van der Waals surface area contributed by atoms with Crippen molar-refractivity contribution in [2.75, 3.05) is 0 Å². The lowest BCUT2D eigenvalue weighted by molar-refractivity contribution is -0.432. The Balaban J connectivity index is 1.44. The van der Waals surface area contributed by atoms with E-state index in [1.165, 1.54) is 18.6 Å². The first kappa shape index (κ1) is 30.7. The van der Waals surface area contributed by atoms with E-state index >= 15 is 0 Å². The van der Waals surface area contributed by atoms with Crippen molar-refractivity contribution in [2.24, 2.45) is 5.92 Å². The second-order valence-corrected chi connectivity index (χ2v) is 10.2. The summed E-state index contributed by atoms with van der Waals surface area (Å²) in [6.07, 6.45) is -8.24. The number of alkyl halides is 7. The van der Waals surface area contributed by atoms with E-state index in [0.717, 1.165) is 67.9 Å². The van der Waals surface area contributed by atoms with Crippen LogP contribution in [0.4, 0.5) is 39.5 Å². The molecule has 0 N–H and O–H groups in total. The lowest BCUT2D eigenvalue weighted by atomic mass is 9.77. The molecule has 0 heterocycles. The van der Waals surface area contributed by atoms with Crippen molar-refractivity contribution in [3.8, 4) is 16.9 Å². The standard InChI is InChI=1S/C30H27F9O2/c1-2-3-18-4-6-19(7-5-18)20-8-12-23(13-9-20)28(33,34)40-24-14-10-21(11-15-24)22-16-25(31)27(26(32)17-22)29(35,36)41-30(37,38)39/h8-19H,2-7H2,1H3. The molecule has 0 radical (unpaired) electrons. The molecule has 4 rings (SSSR count). The summed E-state index contributed by atoms with van der Waals surface area (Å²) in [5.41, 5.74) is -1.91. The zero-order chi connectivity index (χ0) is 30.0. The number of ether oxygens (including phenoxy) is 2. The summed E-state index contributed by atoms with van der Waals surface area (Å²) in [4.78, 5) is 0. The minimum absolute atomic E-state index is 0.00285. The molecule has 3 aromatic carbocycles. The van der Waals surface area contributed by atoms with Gasteiger partial charge in [-0.1, -0.05) is 44.0 Å². The predicted octanol–water partition coefficient (Wildman–Crippen LogP) is 10.4. The second-order valence-electron chi connectivity index (χ2n) is 10.2. The average molecular weight is 591 g/mol. The molecular weight excluding hydrogens is 563 g/mol. The fourth-order valence-electron chi connectivity index (χ4n) is 5.28. The molecule has 1 aliphatic rings. The van der Waals surface area contributed by atoms with E-state index < -0.39 is 35.8 Å². The highest BCUT2D eigenvalue weighted by molar-refractivity contribution is 5.65. The van der Waals surface area contributed by atoms with Gasteiger partial charge in [-0.05, 0) is 90.6 Å². The first-order valence-corrected chi connectivity index (χ1v) is 13.1. The molecule has 11 heteroatoms. The average Bonchev–Trinajstić information content (AvgIpc) is 2.87. The van der Waals surface area contributed by atoms with Gasteiger partial charge in [0.05, 0.1) is 5.56 Å². The minimum atomic E-state index is -5.85. The first-order valence-electron chi connectivity index (χ1n) is 13.1. The fraction of sp³-hybridized carbons (Fsp3) is 0.400. The van der Waals surface area contributed by atoms with Crippen LogP contribution in [0.1, 0.15) is 68.1 Å². The topological polar surface area (TPSA) is 18.5 Å². The van der Waals surface area contributed by atoms with Crippen molar-refractivity contribution in [1.82, 2.24) is 0 Å². The third-order valence-corrected chi connectivity index (χ3v) is 7.27. The molecule has 0 atom stereocenters. The molecule has 0 unspecified atom stereocenters. The van der Waals surface area contributed by atoms with Crippen molar-refractivity contribution < 1.29 is 49.0 Å². The van der Waals surface area contributed by atoms with Gasteiger partial charge in [-0.15, -0.1) is 13.2 Å². The Hall–Kier alpha value is -3.21. The van der Waals surface area contributed by atoms with Gasteiger partial charge in [-0.3, -0.25) is 0 Å². The summed E-state index contributed by atoms with van der Waals surface area (Å²) in [7, 11) is 0. The highest BCUT2D eigenvalue weighted by atomic mass is 19.4. The number of halogens is 9. The van der Waals surface area contributed by atoms with E-state index in [0.29, 0.717) is 18.1 Å². The van der Waals surface area contributed by atoms with Gasteiger partial charge in [0.25, 0.3) is 0 Å². The van der Waals surface area contributed by atoms with E-state index in [2.05, 4.69) is 11.7 Å². The second kappa shape index (κ2) is 12.0. The van der Waals surface area contributed by atoms with Crippen molar-refractivity contribution in [1.29, 1.82) is 0 Å². The van der Waals surface area contributed by atoms with Gasteiger partial charge in [-0.25, -0.2) is 13.5 Å². The van der Waals surface area contributed by atoms with Gasteiger partial charge in [0.1, 0.15) is 22.9 Å². The Labute approximate surface area is 231 Å². The Kier molecular flexibility index (Phi) is 8.96. The van der Waals surface area contributed by atoms with Gasteiger partial charge in [-0.2, -0.15) is 17.6 Å². The van der Waals surface area contributed by atoms with Crippen LogP contribution in [0.2, 0.25) is 0 Å². The number of hydrogen-bond donors (Lipinski definition) is 0. The Morgan fingerprint density at radius 2 is 1.27 bits per heavy atom. The Morgan fingerprint density at radius 1 is 0.707 bits per heavy atom. The molecule has 1 aliphatic carbocycles. The molecule has 0 aromatic heterocycles. The summed E-state index contributed by atoms with van der Waals surface area (Å²) >= 11 is 0. The Morgan fingerprint density at radius 3 is 1.78 bits per heavy atom. The van der Waals surface area contributed by atoms with E-state index in [9.17, 15) is 39.5 Å². The SMILES string of the molecule is CCCC1CCC(c2ccc(C(F)(F)Oc3ccc(-c4cc(F)c(C(F)(F)OC(F)(F)F)c(F)c4)cc3)cc2)CC1. The monoisotopic (exact) mass is 590 g/mol. The van der Waals surface area contributed by atoms with Crippen LogP contribution in [0.5, 0.6) is 5.75 Å². The maximum Gasteiger partial charge on any atom is 0.527 e. The number of rotatable bonds is 9. The van der Waals surface area contributed by atoms with Crippen LogP contribution in [-0.4, -0.2) is 6.36 Å². The van der Waals surface area contributed by atoms with Gasteiger partial charge in [0.2, 0.25) is 0 Å². The van der Waals surface area contributed by atoms with E-state index in [-0.39, 0.29) is 22.4 Å². The van der Waals surface area contributed by atoms with Gasteiger partial charge in [0, 0.05) is 0 Å². The zero-order valence-corrected chi connectivity index (χ0v) is 21.9. The quantitative estimate of drug-likeness (QED) is 0.231. The van der Waals surface area contributed by atoms with Crippen LogP contribution < -0.4 is 4.74 Å². The number of hydrogen-bond acceptors (Lipinski definition) is 2. The summed E-state index contributed by atoms with van der Waals surface area (Å²) in [6, 6.07) is 11.2. The molecular formula is C30H27F9O2. The summed E-state index contributed by atoms with van der Waals surface area (Å²) in [5, 5.41) is 0. The molecule has 1 saturated carbocycles. The van der Waals surface area contributed by atoms with Gasteiger partial charge < -0.3 is 4.74 Å². The molecule has 41 heavy (non-hydrogen) atoms. The van der Waals surface area contributed by atoms with Crippen LogP contribution in [0.3, 0.4) is 0 Å². The highest BCUT2D eigenvalue weighted by Gasteiger charge is 2.49. The lowest BCUT2D eigenvalue weighted by Gasteiger charge is -2.29. The predicted molar refractivity (Wildman–Crippen MR) is 133 cm³/mol. The van der Waals surface area contributed by atoms with Crippen LogP contribution in [0, 0.1) is 17.6 Å². The van der Waals surface area contributed by atoms with Gasteiger partial charge >= 0.3 is 18.6 Å². The maximum atomic E-state index is 14.9. The van der Waals surface area contributed by atoms with Crippen LogP contribution >= 0.6 is 0 Å². The molecule has 1 fully saturated rings. The molecule has 3 aromatic rings. The van der Waals surface area contributed by atoms with Crippen LogP contribution in [-0.2, 0) is 17.0 Å². The number of benzene rings is 3. The zero-order valence-electron chi connectivity index (χ0n) is 21.9. The third-order valence-electron chi connectivity index (χ3n) is 7.27.